The number of H-pyrrole nitrogens is 1. The number of nitrogens with one attached hydrogen (secondary N) is 2. The number of fused-ring (bicyclic) bond motifs is 1. The molecule has 1 unspecified atom stereocenters. The Balaban J connectivity index is 2.26. The van der Waals surface area contributed by atoms with Gasteiger partial charge in [-0.3, -0.25) is 4.79 Å². The number of anilines is 1. The number of esters is 1. The largest absolute Gasteiger partial charge is 0.460 e. The molecule has 166 valence electrons. The number of alkyl halides is 3. The van der Waals surface area contributed by atoms with Crippen molar-refractivity contribution in [2.24, 2.45) is 0 Å². The molecule has 2 aromatic rings. The molecule has 0 spiro atoms. The maximum absolute atomic E-state index is 13.8. The first-order chi connectivity index (χ1) is 14.7. The lowest BCUT2D eigenvalue weighted by Crippen LogP contribution is -2.32. The van der Waals surface area contributed by atoms with Crippen LogP contribution in [-0.2, 0) is 20.4 Å². The van der Waals surface area contributed by atoms with Crippen LogP contribution in [-0.4, -0.2) is 42.5 Å². The number of thioether (sulfide) groups is 1. The number of allylic oxidation sites excluding steroid dienone is 1. The summed E-state index contributed by atoms with van der Waals surface area (Å²) in [5.41, 5.74) is -1.75. The summed E-state index contributed by atoms with van der Waals surface area (Å²) in [6.45, 7) is 1.55. The molecule has 31 heavy (non-hydrogen) atoms. The van der Waals surface area contributed by atoms with Gasteiger partial charge in [0, 0.05) is 12.8 Å². The first kappa shape index (κ1) is 22.9. The maximum Gasteiger partial charge on any atom is 0.416 e. The Morgan fingerprint density at radius 2 is 1.97 bits per heavy atom. The van der Waals surface area contributed by atoms with Gasteiger partial charge < -0.3 is 19.8 Å². The van der Waals surface area contributed by atoms with E-state index >= 15 is 0 Å². The van der Waals surface area contributed by atoms with Crippen molar-refractivity contribution >= 4 is 23.5 Å². The Hall–Kier alpha value is -2.79. The summed E-state index contributed by atoms with van der Waals surface area (Å²) in [5.74, 6) is -2.07. The summed E-state index contributed by atoms with van der Waals surface area (Å²) >= 11 is 1.17. The molecule has 0 bridgehead atoms. The number of hydrogen-bond acceptors (Lipinski definition) is 7. The topological polar surface area (TPSA) is 93.3 Å². The third-order valence-corrected chi connectivity index (χ3v) is 5.31. The van der Waals surface area contributed by atoms with Crippen molar-refractivity contribution in [2.75, 3.05) is 31.9 Å². The highest BCUT2D eigenvalue weighted by Crippen LogP contribution is 2.44. The van der Waals surface area contributed by atoms with Gasteiger partial charge in [0.2, 0.25) is 0 Å². The molecule has 7 nitrogen and oxygen atoms in total. The third-order valence-electron chi connectivity index (χ3n) is 4.73. The lowest BCUT2D eigenvalue weighted by molar-refractivity contribution is -0.141. The number of hydrogen-bond donors (Lipinski definition) is 2. The highest BCUT2D eigenvalue weighted by atomic mass is 32.2. The van der Waals surface area contributed by atoms with E-state index in [2.05, 4.69) is 15.3 Å². The molecule has 1 aliphatic heterocycles. The van der Waals surface area contributed by atoms with Gasteiger partial charge in [0.1, 0.15) is 12.4 Å². The van der Waals surface area contributed by atoms with E-state index < -0.39 is 29.2 Å². The number of nitrogens with zero attached hydrogens (tertiary/aromatic N) is 1. The molecule has 0 radical (unpaired) electrons. The van der Waals surface area contributed by atoms with E-state index in [1.807, 2.05) is 0 Å². The summed E-state index contributed by atoms with van der Waals surface area (Å²) in [6, 6.07) is 4.84. The van der Waals surface area contributed by atoms with Gasteiger partial charge in [-0.25, -0.2) is 9.78 Å². The van der Waals surface area contributed by atoms with E-state index in [0.717, 1.165) is 6.07 Å². The highest BCUT2D eigenvalue weighted by molar-refractivity contribution is 7.98. The van der Waals surface area contributed by atoms with Crippen LogP contribution in [0.2, 0.25) is 0 Å². The molecule has 1 aromatic carbocycles. The van der Waals surface area contributed by atoms with E-state index in [4.69, 9.17) is 9.47 Å². The zero-order valence-corrected chi connectivity index (χ0v) is 17.7. The molecule has 0 amide bonds. The van der Waals surface area contributed by atoms with Crippen molar-refractivity contribution in [1.29, 1.82) is 0 Å². The predicted molar refractivity (Wildman–Crippen MR) is 109 cm³/mol. The Bertz CT molecular complexity index is 1080. The van der Waals surface area contributed by atoms with Gasteiger partial charge in [0.05, 0.1) is 29.2 Å². The monoisotopic (exact) mass is 455 g/mol. The average Bonchev–Trinajstić information content (AvgIpc) is 2.72. The van der Waals surface area contributed by atoms with Gasteiger partial charge in [0.25, 0.3) is 5.56 Å². The fraction of sp³-hybridized carbons (Fsp3) is 0.350. The van der Waals surface area contributed by atoms with Crippen molar-refractivity contribution in [3.63, 3.8) is 0 Å². The maximum atomic E-state index is 13.8. The minimum atomic E-state index is -4.69. The summed E-state index contributed by atoms with van der Waals surface area (Å²) < 4.78 is 51.5. The second-order valence-corrected chi connectivity index (χ2v) is 7.44. The van der Waals surface area contributed by atoms with Crippen LogP contribution in [0.3, 0.4) is 0 Å². The third kappa shape index (κ3) is 4.62. The molecule has 2 heterocycles. The molecule has 1 aliphatic rings. The van der Waals surface area contributed by atoms with Crippen LogP contribution in [0.15, 0.2) is 45.5 Å². The Kier molecular flexibility index (Phi) is 6.75. The van der Waals surface area contributed by atoms with Gasteiger partial charge in [0.15, 0.2) is 5.16 Å². The first-order valence-corrected chi connectivity index (χ1v) is 10.4. The zero-order chi connectivity index (χ0) is 22.8. The number of methoxy groups -OCH3 is 1. The van der Waals surface area contributed by atoms with E-state index in [1.165, 1.54) is 44.0 Å². The van der Waals surface area contributed by atoms with Crippen LogP contribution in [0.5, 0.6) is 0 Å². The summed E-state index contributed by atoms with van der Waals surface area (Å²) in [7, 11) is 1.42. The highest BCUT2D eigenvalue weighted by Gasteiger charge is 2.42. The molecule has 1 atom stereocenters. The van der Waals surface area contributed by atoms with Crippen molar-refractivity contribution in [3.05, 3.63) is 62.6 Å². The van der Waals surface area contributed by atoms with Gasteiger partial charge in [-0.05, 0) is 24.8 Å². The lowest BCUT2D eigenvalue weighted by atomic mass is 9.80. The molecule has 3 rings (SSSR count). The molecular formula is C20H20F3N3O4S. The second-order valence-electron chi connectivity index (χ2n) is 6.65. The molecular weight excluding hydrogens is 435 g/mol. The van der Waals surface area contributed by atoms with Gasteiger partial charge in [-0.15, -0.1) is 0 Å². The van der Waals surface area contributed by atoms with E-state index in [1.54, 1.807) is 6.26 Å². The number of carbonyl (C=O) groups excluding carboxylic acids is 1. The van der Waals surface area contributed by atoms with Crippen LogP contribution in [0.1, 0.15) is 29.5 Å². The fourth-order valence-electron chi connectivity index (χ4n) is 3.41. The van der Waals surface area contributed by atoms with Crippen molar-refractivity contribution < 1.29 is 27.4 Å². The minimum absolute atomic E-state index is 0.0845. The van der Waals surface area contributed by atoms with Gasteiger partial charge in [-0.1, -0.05) is 30.0 Å². The number of ether oxygens (including phenoxy) is 2. The predicted octanol–water partition coefficient (Wildman–Crippen LogP) is 3.53. The fourth-order valence-corrected chi connectivity index (χ4v) is 3.79. The van der Waals surface area contributed by atoms with Crippen molar-refractivity contribution in [2.45, 2.75) is 24.2 Å². The quantitative estimate of drug-likeness (QED) is 0.298. The lowest BCUT2D eigenvalue weighted by Gasteiger charge is -2.30. The molecule has 1 aromatic heterocycles. The molecule has 11 heteroatoms. The number of rotatable bonds is 6. The summed E-state index contributed by atoms with van der Waals surface area (Å²) in [5, 5.41) is 3.17. The van der Waals surface area contributed by atoms with E-state index in [0.29, 0.717) is 0 Å². The number of aromatic nitrogens is 2. The number of aromatic amines is 1. The van der Waals surface area contributed by atoms with Crippen molar-refractivity contribution in [3.8, 4) is 0 Å². The normalized spacial score (nSPS) is 16.0. The van der Waals surface area contributed by atoms with Gasteiger partial charge in [-0.2, -0.15) is 13.2 Å². The first-order valence-electron chi connectivity index (χ1n) is 9.17. The molecule has 0 fully saturated rings. The van der Waals surface area contributed by atoms with E-state index in [-0.39, 0.29) is 46.6 Å². The van der Waals surface area contributed by atoms with Gasteiger partial charge >= 0.3 is 12.1 Å². The summed E-state index contributed by atoms with van der Waals surface area (Å²) in [4.78, 5) is 32.6. The standard InChI is InChI=1S/C20H20F3N3O4S/c1-10-13(18(28)30-9-8-29-2)14(11-6-4-5-7-12(11)20(21,22)23)15-16(24-10)25-19(31-3)26-17(15)27/h4-7,14H,8-9H2,1-3H3,(H2,24,25,26,27). The number of halogens is 3. The Morgan fingerprint density at radius 3 is 2.61 bits per heavy atom. The SMILES string of the molecule is COCCOC(=O)C1=C(C)Nc2nc(SC)[nH]c(=O)c2C1c1ccccc1C(F)(F)F. The second kappa shape index (κ2) is 9.15. The van der Waals surface area contributed by atoms with E-state index in [9.17, 15) is 22.8 Å². The average molecular weight is 455 g/mol. The zero-order valence-electron chi connectivity index (χ0n) is 16.9. The van der Waals surface area contributed by atoms with Crippen molar-refractivity contribution in [1.82, 2.24) is 9.97 Å². The summed E-state index contributed by atoms with van der Waals surface area (Å²) in [6.07, 6.45) is -2.99. The molecule has 0 aliphatic carbocycles. The Morgan fingerprint density at radius 1 is 1.26 bits per heavy atom. The van der Waals surface area contributed by atoms with Crippen LogP contribution < -0.4 is 10.9 Å². The number of benzene rings is 1. The smallest absolute Gasteiger partial charge is 0.416 e. The molecule has 0 saturated carbocycles. The van der Waals surface area contributed by atoms with Crippen LogP contribution in [0, 0.1) is 0 Å². The molecule has 0 saturated heterocycles. The molecule has 2 N–H and O–H groups in total. The van der Waals surface area contributed by atoms with Crippen LogP contribution in [0.4, 0.5) is 19.0 Å². The Labute approximate surface area is 180 Å². The minimum Gasteiger partial charge on any atom is -0.460 e. The van der Waals surface area contributed by atoms with Crippen LogP contribution >= 0.6 is 11.8 Å². The number of carbonyl (C=O) groups is 1. The van der Waals surface area contributed by atoms with Crippen LogP contribution in [0.25, 0.3) is 0 Å².